The van der Waals surface area contributed by atoms with Crippen LogP contribution in [0.1, 0.15) is 30.2 Å². The van der Waals surface area contributed by atoms with Gasteiger partial charge in [-0.2, -0.15) is 0 Å². The molecule has 0 radical (unpaired) electrons. The van der Waals surface area contributed by atoms with Crippen LogP contribution < -0.4 is 18.1 Å². The standard InChI is InChI=1S/C20H24N2O2.ClH/c21-18-8-6-17(7-9-18)20(23)24-19-11-14-22(15-12-19)13-10-16-4-2-1-3-5-16;/h1-9,19H,10-15,21H2;1H. The molecule has 3 rings (SSSR count). The molecule has 5 heteroatoms. The summed E-state index contributed by atoms with van der Waals surface area (Å²) in [6.07, 6.45) is 2.88. The highest BCUT2D eigenvalue weighted by molar-refractivity contribution is 5.89. The Bertz CT molecular complexity index is 659. The molecule has 1 heterocycles. The number of hydrogen-bond donors (Lipinski definition) is 1. The average Bonchev–Trinajstić information content (AvgIpc) is 2.62. The SMILES string of the molecule is Nc1ccc(C(=O)OC2CCN(CCc3ccccc3)CC2)cc1.[Cl-].[H+]. The minimum absolute atomic E-state index is 0. The van der Waals surface area contributed by atoms with Crippen LogP contribution in [0.5, 0.6) is 0 Å². The van der Waals surface area contributed by atoms with Gasteiger partial charge in [-0.1, -0.05) is 30.3 Å². The topological polar surface area (TPSA) is 55.6 Å². The van der Waals surface area contributed by atoms with E-state index >= 15 is 0 Å². The fourth-order valence-corrected chi connectivity index (χ4v) is 3.02. The molecule has 0 aromatic heterocycles. The van der Waals surface area contributed by atoms with Gasteiger partial charge >= 0.3 is 7.40 Å². The van der Waals surface area contributed by atoms with Crippen molar-refractivity contribution < 1.29 is 23.4 Å². The van der Waals surface area contributed by atoms with E-state index in [9.17, 15) is 4.79 Å². The Kier molecular flexibility index (Phi) is 7.29. The second kappa shape index (κ2) is 9.44. The first-order valence-electron chi connectivity index (χ1n) is 8.53. The van der Waals surface area contributed by atoms with Crippen molar-refractivity contribution in [3.8, 4) is 0 Å². The highest BCUT2D eigenvalue weighted by Gasteiger charge is 2.22. The Labute approximate surface area is 156 Å². The van der Waals surface area contributed by atoms with E-state index in [1.165, 1.54) is 5.56 Å². The predicted octanol–water partition coefficient (Wildman–Crippen LogP) is 0.249. The molecule has 0 amide bonds. The molecule has 4 nitrogen and oxygen atoms in total. The summed E-state index contributed by atoms with van der Waals surface area (Å²) in [5, 5.41) is 0. The molecule has 1 fully saturated rings. The zero-order chi connectivity index (χ0) is 16.8. The summed E-state index contributed by atoms with van der Waals surface area (Å²) in [5.74, 6) is -0.252. The summed E-state index contributed by atoms with van der Waals surface area (Å²) in [4.78, 5) is 14.6. The number of benzene rings is 2. The zero-order valence-corrected chi connectivity index (χ0v) is 15.0. The molecule has 0 bridgehead atoms. The highest BCUT2D eigenvalue weighted by atomic mass is 35.5. The van der Waals surface area contributed by atoms with Crippen molar-refractivity contribution in [2.45, 2.75) is 25.4 Å². The van der Waals surface area contributed by atoms with Crippen LogP contribution in [0.2, 0.25) is 0 Å². The molecule has 1 saturated heterocycles. The summed E-state index contributed by atoms with van der Waals surface area (Å²) >= 11 is 0. The third-order valence-corrected chi connectivity index (χ3v) is 4.51. The third-order valence-electron chi connectivity index (χ3n) is 4.51. The van der Waals surface area contributed by atoms with Crippen molar-refractivity contribution in [2.24, 2.45) is 0 Å². The Morgan fingerprint density at radius 1 is 1.08 bits per heavy atom. The first-order valence-corrected chi connectivity index (χ1v) is 8.53. The number of halogens is 1. The molecule has 0 saturated carbocycles. The van der Waals surface area contributed by atoms with E-state index in [4.69, 9.17) is 10.5 Å². The number of carbonyl (C=O) groups is 1. The van der Waals surface area contributed by atoms with Gasteiger partial charge in [-0.3, -0.25) is 0 Å². The number of likely N-dealkylation sites (tertiary alicyclic amines) is 1. The minimum Gasteiger partial charge on any atom is -1.00 e. The van der Waals surface area contributed by atoms with Crippen molar-refractivity contribution >= 4 is 11.7 Å². The zero-order valence-electron chi connectivity index (χ0n) is 15.2. The van der Waals surface area contributed by atoms with E-state index in [2.05, 4.69) is 29.2 Å². The van der Waals surface area contributed by atoms with Crippen molar-refractivity contribution in [1.82, 2.24) is 4.90 Å². The molecule has 0 unspecified atom stereocenters. The molecule has 0 aliphatic carbocycles. The van der Waals surface area contributed by atoms with Gasteiger partial charge in [-0.15, -0.1) is 0 Å². The molecule has 0 atom stereocenters. The monoisotopic (exact) mass is 360 g/mol. The number of nitrogen functional groups attached to an aromatic ring is 1. The maximum absolute atomic E-state index is 12.1. The second-order valence-electron chi connectivity index (χ2n) is 6.30. The van der Waals surface area contributed by atoms with Crippen molar-refractivity contribution in [1.29, 1.82) is 0 Å². The second-order valence-corrected chi connectivity index (χ2v) is 6.30. The summed E-state index contributed by atoms with van der Waals surface area (Å²) in [5.41, 5.74) is 8.23. The molecule has 2 aromatic carbocycles. The highest BCUT2D eigenvalue weighted by Crippen LogP contribution is 2.17. The lowest BCUT2D eigenvalue weighted by atomic mass is 10.1. The van der Waals surface area contributed by atoms with E-state index in [1.807, 2.05) is 6.07 Å². The van der Waals surface area contributed by atoms with Gasteiger partial charge in [-0.05, 0) is 49.1 Å². The van der Waals surface area contributed by atoms with Crippen LogP contribution in [-0.2, 0) is 11.2 Å². The molecular weight excluding hydrogens is 336 g/mol. The van der Waals surface area contributed by atoms with Crippen LogP contribution in [0, 0.1) is 0 Å². The molecule has 134 valence electrons. The number of rotatable bonds is 5. The Morgan fingerprint density at radius 3 is 2.36 bits per heavy atom. The molecular formula is C20H25ClN2O2. The van der Waals surface area contributed by atoms with E-state index in [0.717, 1.165) is 38.9 Å². The lowest BCUT2D eigenvalue weighted by Crippen LogP contribution is -3.00. The third kappa shape index (κ3) is 5.76. The largest absolute Gasteiger partial charge is 1.00 e. The van der Waals surface area contributed by atoms with E-state index in [1.54, 1.807) is 24.3 Å². The van der Waals surface area contributed by atoms with E-state index in [-0.39, 0.29) is 25.9 Å². The number of nitrogens with two attached hydrogens (primary N) is 1. The van der Waals surface area contributed by atoms with Crippen molar-refractivity contribution in [2.75, 3.05) is 25.4 Å². The van der Waals surface area contributed by atoms with Crippen molar-refractivity contribution in [3.05, 3.63) is 65.7 Å². The normalized spacial score (nSPS) is 15.4. The number of piperidine rings is 1. The van der Waals surface area contributed by atoms with Crippen LogP contribution in [0.4, 0.5) is 5.69 Å². The number of nitrogens with zero attached hydrogens (tertiary/aromatic N) is 1. The number of anilines is 1. The lowest BCUT2D eigenvalue weighted by molar-refractivity contribution is -0.0000788. The summed E-state index contributed by atoms with van der Waals surface area (Å²) in [7, 11) is 0. The Hall–Kier alpha value is -2.04. The molecule has 2 N–H and O–H groups in total. The van der Waals surface area contributed by atoms with Gasteiger partial charge in [0, 0.05) is 25.3 Å². The maximum atomic E-state index is 12.1. The minimum atomic E-state index is -0.252. The van der Waals surface area contributed by atoms with Gasteiger partial charge < -0.3 is 27.8 Å². The maximum Gasteiger partial charge on any atom is 1.00 e. The first-order chi connectivity index (χ1) is 11.7. The summed E-state index contributed by atoms with van der Waals surface area (Å²) in [6.45, 7) is 3.02. The van der Waals surface area contributed by atoms with E-state index in [0.29, 0.717) is 11.3 Å². The predicted molar refractivity (Wildman–Crippen MR) is 97.0 cm³/mol. The molecule has 1 aliphatic heterocycles. The van der Waals surface area contributed by atoms with Crippen LogP contribution >= 0.6 is 0 Å². The number of esters is 1. The number of hydrogen-bond acceptors (Lipinski definition) is 4. The van der Waals surface area contributed by atoms with Crippen LogP contribution in [0.3, 0.4) is 0 Å². The summed E-state index contributed by atoms with van der Waals surface area (Å²) < 4.78 is 5.62. The lowest BCUT2D eigenvalue weighted by Gasteiger charge is -2.31. The number of carbonyl (C=O) groups excluding carboxylic acids is 1. The van der Waals surface area contributed by atoms with Gasteiger partial charge in [0.25, 0.3) is 0 Å². The fraction of sp³-hybridized carbons (Fsp3) is 0.350. The van der Waals surface area contributed by atoms with Crippen LogP contribution in [-0.4, -0.2) is 36.6 Å². The number of ether oxygens (including phenoxy) is 1. The van der Waals surface area contributed by atoms with Gasteiger partial charge in [-0.25, -0.2) is 4.79 Å². The van der Waals surface area contributed by atoms with E-state index < -0.39 is 0 Å². The smallest absolute Gasteiger partial charge is 1.00 e. The van der Waals surface area contributed by atoms with Crippen LogP contribution in [0.25, 0.3) is 0 Å². The first kappa shape index (κ1) is 19.3. The fourth-order valence-electron chi connectivity index (χ4n) is 3.02. The Morgan fingerprint density at radius 2 is 1.72 bits per heavy atom. The van der Waals surface area contributed by atoms with Crippen molar-refractivity contribution in [3.63, 3.8) is 0 Å². The quantitative estimate of drug-likeness (QED) is 0.613. The van der Waals surface area contributed by atoms with Gasteiger partial charge in [0.15, 0.2) is 0 Å². The molecule has 25 heavy (non-hydrogen) atoms. The van der Waals surface area contributed by atoms with Gasteiger partial charge in [0.1, 0.15) is 6.10 Å². The molecule has 0 spiro atoms. The van der Waals surface area contributed by atoms with Gasteiger partial charge in [0.05, 0.1) is 5.56 Å². The molecule has 2 aromatic rings. The molecule has 1 aliphatic rings. The Balaban J connectivity index is 0.00000169. The van der Waals surface area contributed by atoms with Gasteiger partial charge in [0.2, 0.25) is 0 Å². The summed E-state index contributed by atoms with van der Waals surface area (Å²) in [6, 6.07) is 17.4. The average molecular weight is 361 g/mol. The van der Waals surface area contributed by atoms with Crippen LogP contribution in [0.15, 0.2) is 54.6 Å².